The first kappa shape index (κ1) is 16.8. The van der Waals surface area contributed by atoms with Crippen molar-refractivity contribution in [3.8, 4) is 11.5 Å². The number of ether oxygens (including phenoxy) is 2. The van der Waals surface area contributed by atoms with Crippen molar-refractivity contribution in [2.24, 2.45) is 0 Å². The van der Waals surface area contributed by atoms with Gasteiger partial charge in [0.25, 0.3) is 5.91 Å². The lowest BCUT2D eigenvalue weighted by molar-refractivity contribution is 0.0946. The molecule has 0 radical (unpaired) electrons. The molecule has 3 aromatic rings. The Kier molecular flexibility index (Phi) is 5.14. The number of para-hydroxylation sites is 1. The van der Waals surface area contributed by atoms with E-state index in [0.29, 0.717) is 24.4 Å². The Morgan fingerprint density at radius 2 is 1.88 bits per heavy atom. The van der Waals surface area contributed by atoms with Gasteiger partial charge in [0.2, 0.25) is 0 Å². The van der Waals surface area contributed by atoms with Crippen molar-refractivity contribution in [2.75, 3.05) is 20.3 Å². The maximum atomic E-state index is 12.4. The number of nitrogens with zero attached hydrogens (tertiary/aromatic N) is 1. The molecular formula is C20H20N2O3. The van der Waals surface area contributed by atoms with Crippen molar-refractivity contribution < 1.29 is 14.3 Å². The molecule has 0 saturated heterocycles. The fourth-order valence-corrected chi connectivity index (χ4v) is 2.55. The van der Waals surface area contributed by atoms with Crippen LogP contribution >= 0.6 is 0 Å². The summed E-state index contributed by atoms with van der Waals surface area (Å²) in [5.41, 5.74) is 2.06. The lowest BCUT2D eigenvalue weighted by atomic mass is 10.1. The normalized spacial score (nSPS) is 10.5. The number of nitrogens with one attached hydrogen (secondary N) is 1. The zero-order valence-corrected chi connectivity index (χ0v) is 14.3. The fourth-order valence-electron chi connectivity index (χ4n) is 2.55. The minimum Gasteiger partial charge on any atom is -0.497 e. The molecule has 128 valence electrons. The second kappa shape index (κ2) is 7.66. The summed E-state index contributed by atoms with van der Waals surface area (Å²) in [6, 6.07) is 17.0. The highest BCUT2D eigenvalue weighted by molar-refractivity contribution is 5.98. The first-order valence-electron chi connectivity index (χ1n) is 8.09. The maximum absolute atomic E-state index is 12.4. The number of fused-ring (bicyclic) bond motifs is 1. The van der Waals surface area contributed by atoms with Gasteiger partial charge in [-0.05, 0) is 37.3 Å². The highest BCUT2D eigenvalue weighted by atomic mass is 16.5. The molecule has 0 spiro atoms. The predicted molar refractivity (Wildman–Crippen MR) is 97.3 cm³/mol. The topological polar surface area (TPSA) is 60.5 Å². The fraction of sp³-hybridized carbons (Fsp3) is 0.200. The van der Waals surface area contributed by atoms with Gasteiger partial charge >= 0.3 is 0 Å². The molecule has 0 aliphatic carbocycles. The smallest absolute Gasteiger partial charge is 0.253 e. The van der Waals surface area contributed by atoms with Crippen molar-refractivity contribution in [1.29, 1.82) is 0 Å². The highest BCUT2D eigenvalue weighted by Crippen LogP contribution is 2.21. The number of rotatable bonds is 6. The van der Waals surface area contributed by atoms with Crippen LogP contribution in [0, 0.1) is 6.92 Å². The van der Waals surface area contributed by atoms with Crippen LogP contribution in [0.3, 0.4) is 0 Å². The quantitative estimate of drug-likeness (QED) is 0.701. The van der Waals surface area contributed by atoms with E-state index in [-0.39, 0.29) is 5.91 Å². The Labute approximate surface area is 146 Å². The van der Waals surface area contributed by atoms with Crippen LogP contribution in [0.4, 0.5) is 0 Å². The summed E-state index contributed by atoms with van der Waals surface area (Å²) in [5.74, 6) is 1.38. The maximum Gasteiger partial charge on any atom is 0.253 e. The van der Waals surface area contributed by atoms with E-state index >= 15 is 0 Å². The minimum atomic E-state index is -0.153. The molecule has 0 saturated carbocycles. The van der Waals surface area contributed by atoms with E-state index in [9.17, 15) is 4.79 Å². The molecule has 5 nitrogen and oxygen atoms in total. The van der Waals surface area contributed by atoms with Crippen molar-refractivity contribution in [2.45, 2.75) is 6.92 Å². The Hall–Kier alpha value is -3.08. The largest absolute Gasteiger partial charge is 0.497 e. The molecule has 1 heterocycles. The number of pyridine rings is 1. The van der Waals surface area contributed by atoms with Crippen LogP contribution in [0.1, 0.15) is 16.1 Å². The molecule has 0 aliphatic heterocycles. The van der Waals surface area contributed by atoms with Crippen LogP contribution < -0.4 is 14.8 Å². The van der Waals surface area contributed by atoms with Crippen LogP contribution in [0.25, 0.3) is 10.9 Å². The monoisotopic (exact) mass is 336 g/mol. The Morgan fingerprint density at radius 1 is 1.08 bits per heavy atom. The molecule has 0 fully saturated rings. The standard InChI is InChI=1S/C20H20N2O3/c1-14-18(12-15-8-9-17(24-2)13-19(15)22-14)20(23)21-10-11-25-16-6-4-3-5-7-16/h3-9,12-13H,10-11H2,1-2H3,(H,21,23). The molecule has 0 unspecified atom stereocenters. The third-order valence-corrected chi connectivity index (χ3v) is 3.86. The van der Waals surface area contributed by atoms with Gasteiger partial charge in [-0.1, -0.05) is 18.2 Å². The molecule has 0 atom stereocenters. The molecule has 3 rings (SSSR count). The van der Waals surface area contributed by atoms with E-state index < -0.39 is 0 Å². The van der Waals surface area contributed by atoms with E-state index in [2.05, 4.69) is 10.3 Å². The Bertz CT molecular complexity index is 879. The van der Waals surface area contributed by atoms with Crippen molar-refractivity contribution in [1.82, 2.24) is 10.3 Å². The van der Waals surface area contributed by atoms with Gasteiger partial charge in [-0.2, -0.15) is 0 Å². The number of amides is 1. The summed E-state index contributed by atoms with van der Waals surface area (Å²) in [5, 5.41) is 3.77. The highest BCUT2D eigenvalue weighted by Gasteiger charge is 2.11. The SMILES string of the molecule is COc1ccc2cc(C(=O)NCCOc3ccccc3)c(C)nc2c1. The van der Waals surface area contributed by atoms with Gasteiger partial charge in [-0.25, -0.2) is 0 Å². The zero-order valence-electron chi connectivity index (χ0n) is 14.3. The second-order valence-electron chi connectivity index (χ2n) is 5.60. The molecule has 25 heavy (non-hydrogen) atoms. The molecular weight excluding hydrogens is 316 g/mol. The minimum absolute atomic E-state index is 0.153. The average Bonchev–Trinajstić information content (AvgIpc) is 2.64. The third-order valence-electron chi connectivity index (χ3n) is 3.86. The van der Waals surface area contributed by atoms with Crippen molar-refractivity contribution in [3.05, 3.63) is 65.9 Å². The molecule has 1 N–H and O–H groups in total. The lowest BCUT2D eigenvalue weighted by Gasteiger charge is -2.10. The number of hydrogen-bond acceptors (Lipinski definition) is 4. The number of methoxy groups -OCH3 is 1. The summed E-state index contributed by atoms with van der Waals surface area (Å²) in [6.45, 7) is 2.66. The molecule has 0 aliphatic rings. The van der Waals surface area contributed by atoms with Crippen molar-refractivity contribution >= 4 is 16.8 Å². The molecule has 2 aromatic carbocycles. The molecule has 1 aromatic heterocycles. The molecule has 0 bridgehead atoms. The van der Waals surface area contributed by atoms with Crippen LogP contribution in [0.2, 0.25) is 0 Å². The lowest BCUT2D eigenvalue weighted by Crippen LogP contribution is -2.28. The first-order valence-corrected chi connectivity index (χ1v) is 8.09. The predicted octanol–water partition coefficient (Wildman–Crippen LogP) is 3.36. The third kappa shape index (κ3) is 4.07. The van der Waals surface area contributed by atoms with E-state index in [1.54, 1.807) is 7.11 Å². The van der Waals surface area contributed by atoms with Crippen LogP contribution in [0.15, 0.2) is 54.6 Å². The van der Waals surface area contributed by atoms with Gasteiger partial charge in [0.15, 0.2) is 0 Å². The van der Waals surface area contributed by atoms with E-state index in [4.69, 9.17) is 9.47 Å². The van der Waals surface area contributed by atoms with Gasteiger partial charge in [-0.3, -0.25) is 9.78 Å². The van der Waals surface area contributed by atoms with Crippen LogP contribution in [-0.4, -0.2) is 31.2 Å². The van der Waals surface area contributed by atoms with Crippen LogP contribution in [-0.2, 0) is 0 Å². The summed E-state index contributed by atoms with van der Waals surface area (Å²) >= 11 is 0. The Balaban J connectivity index is 1.64. The number of aryl methyl sites for hydroxylation is 1. The Morgan fingerprint density at radius 3 is 2.64 bits per heavy atom. The number of carbonyl (C=O) groups excluding carboxylic acids is 1. The van der Waals surface area contributed by atoms with Gasteiger partial charge in [0.05, 0.1) is 30.4 Å². The van der Waals surface area contributed by atoms with Gasteiger partial charge in [0.1, 0.15) is 18.1 Å². The average molecular weight is 336 g/mol. The number of hydrogen-bond donors (Lipinski definition) is 1. The van der Waals surface area contributed by atoms with Gasteiger partial charge in [0, 0.05) is 11.5 Å². The van der Waals surface area contributed by atoms with E-state index in [0.717, 1.165) is 22.4 Å². The number of aromatic nitrogens is 1. The molecule has 1 amide bonds. The van der Waals surface area contributed by atoms with Crippen LogP contribution in [0.5, 0.6) is 11.5 Å². The van der Waals surface area contributed by atoms with Gasteiger partial charge in [-0.15, -0.1) is 0 Å². The van der Waals surface area contributed by atoms with E-state index in [1.807, 2.05) is 61.5 Å². The van der Waals surface area contributed by atoms with Crippen molar-refractivity contribution in [3.63, 3.8) is 0 Å². The number of carbonyl (C=O) groups is 1. The van der Waals surface area contributed by atoms with E-state index in [1.165, 1.54) is 0 Å². The first-order chi connectivity index (χ1) is 12.2. The summed E-state index contributed by atoms with van der Waals surface area (Å²) in [4.78, 5) is 16.9. The van der Waals surface area contributed by atoms with Gasteiger partial charge < -0.3 is 14.8 Å². The summed E-state index contributed by atoms with van der Waals surface area (Å²) in [7, 11) is 1.62. The number of benzene rings is 2. The second-order valence-corrected chi connectivity index (χ2v) is 5.60. The summed E-state index contributed by atoms with van der Waals surface area (Å²) in [6.07, 6.45) is 0. The zero-order chi connectivity index (χ0) is 17.6. The summed E-state index contributed by atoms with van der Waals surface area (Å²) < 4.78 is 10.8. The molecule has 5 heteroatoms.